The standard InChI is InChI=1S/C22H29FN2/c1-2-3-6-17-9-11-18(12-10-17)13-14-19-15-24-16-25-22(19)20-7-4-5-8-21(20)23/h4-5,7-8,15-18H,2-3,6,9-14H2,1H3. The molecule has 0 amide bonds. The van der Waals surface area contributed by atoms with Gasteiger partial charge in [0.05, 0.1) is 5.69 Å². The van der Waals surface area contributed by atoms with Gasteiger partial charge < -0.3 is 0 Å². The van der Waals surface area contributed by atoms with Gasteiger partial charge in [-0.15, -0.1) is 0 Å². The van der Waals surface area contributed by atoms with Crippen molar-refractivity contribution in [2.75, 3.05) is 0 Å². The summed E-state index contributed by atoms with van der Waals surface area (Å²) in [6, 6.07) is 6.89. The summed E-state index contributed by atoms with van der Waals surface area (Å²) in [5.74, 6) is 1.54. The van der Waals surface area contributed by atoms with Crippen LogP contribution in [0.25, 0.3) is 11.3 Å². The van der Waals surface area contributed by atoms with Crippen LogP contribution in [0, 0.1) is 17.7 Å². The number of rotatable bonds is 7. The van der Waals surface area contributed by atoms with Gasteiger partial charge in [0.15, 0.2) is 0 Å². The molecule has 0 saturated heterocycles. The van der Waals surface area contributed by atoms with E-state index in [-0.39, 0.29) is 5.82 Å². The summed E-state index contributed by atoms with van der Waals surface area (Å²) in [7, 11) is 0. The lowest BCUT2D eigenvalue weighted by Gasteiger charge is -2.28. The van der Waals surface area contributed by atoms with E-state index in [9.17, 15) is 4.39 Å². The Balaban J connectivity index is 1.59. The zero-order valence-corrected chi connectivity index (χ0v) is 15.3. The first-order valence-corrected chi connectivity index (χ1v) is 9.81. The summed E-state index contributed by atoms with van der Waals surface area (Å²) in [5, 5.41) is 0. The van der Waals surface area contributed by atoms with Crippen LogP contribution >= 0.6 is 0 Å². The lowest BCUT2D eigenvalue weighted by Crippen LogP contribution is -2.15. The molecular weight excluding hydrogens is 311 g/mol. The van der Waals surface area contributed by atoms with Crippen molar-refractivity contribution in [2.24, 2.45) is 11.8 Å². The number of unbranched alkanes of at least 4 members (excludes halogenated alkanes) is 1. The fraction of sp³-hybridized carbons (Fsp3) is 0.545. The molecule has 0 spiro atoms. The lowest BCUT2D eigenvalue weighted by molar-refractivity contribution is 0.250. The summed E-state index contributed by atoms with van der Waals surface area (Å²) in [6.07, 6.45) is 15.0. The fourth-order valence-electron chi connectivity index (χ4n) is 4.10. The third-order valence-electron chi connectivity index (χ3n) is 5.67. The van der Waals surface area contributed by atoms with E-state index >= 15 is 0 Å². The minimum atomic E-state index is -0.209. The number of hydrogen-bond donors (Lipinski definition) is 0. The maximum absolute atomic E-state index is 14.1. The highest BCUT2D eigenvalue weighted by Crippen LogP contribution is 2.35. The maximum atomic E-state index is 14.1. The number of aryl methyl sites for hydroxylation is 1. The molecule has 0 atom stereocenters. The fourth-order valence-corrected chi connectivity index (χ4v) is 4.10. The van der Waals surface area contributed by atoms with Crippen molar-refractivity contribution in [1.29, 1.82) is 0 Å². The van der Waals surface area contributed by atoms with Gasteiger partial charge in [0.2, 0.25) is 0 Å². The van der Waals surface area contributed by atoms with Crippen molar-refractivity contribution in [2.45, 2.75) is 64.7 Å². The molecule has 0 radical (unpaired) electrons. The van der Waals surface area contributed by atoms with Gasteiger partial charge in [-0.3, -0.25) is 0 Å². The smallest absolute Gasteiger partial charge is 0.132 e. The van der Waals surface area contributed by atoms with E-state index in [1.165, 1.54) is 57.3 Å². The van der Waals surface area contributed by atoms with E-state index in [0.29, 0.717) is 5.56 Å². The number of aromatic nitrogens is 2. The highest BCUT2D eigenvalue weighted by atomic mass is 19.1. The van der Waals surface area contributed by atoms with E-state index in [4.69, 9.17) is 0 Å². The SMILES string of the molecule is CCCCC1CCC(CCc2cncnc2-c2ccccc2F)CC1. The third-order valence-corrected chi connectivity index (χ3v) is 5.67. The number of hydrogen-bond acceptors (Lipinski definition) is 2. The maximum Gasteiger partial charge on any atom is 0.132 e. The summed E-state index contributed by atoms with van der Waals surface area (Å²) in [4.78, 5) is 8.54. The van der Waals surface area contributed by atoms with E-state index in [1.807, 2.05) is 12.3 Å². The highest BCUT2D eigenvalue weighted by molar-refractivity contribution is 5.63. The average molecular weight is 340 g/mol. The zero-order valence-electron chi connectivity index (χ0n) is 15.3. The largest absolute Gasteiger partial charge is 0.244 e. The Morgan fingerprint density at radius 2 is 1.76 bits per heavy atom. The quantitative estimate of drug-likeness (QED) is 0.598. The molecular formula is C22H29FN2. The topological polar surface area (TPSA) is 25.8 Å². The van der Waals surface area contributed by atoms with Gasteiger partial charge in [0, 0.05) is 11.8 Å². The Labute approximate surface area is 150 Å². The molecule has 1 saturated carbocycles. The molecule has 1 fully saturated rings. The first kappa shape index (κ1) is 18.0. The zero-order chi connectivity index (χ0) is 17.5. The lowest BCUT2D eigenvalue weighted by atomic mass is 9.78. The molecule has 1 aromatic carbocycles. The second kappa shape index (κ2) is 9.07. The van der Waals surface area contributed by atoms with E-state index in [2.05, 4.69) is 16.9 Å². The molecule has 1 heterocycles. The van der Waals surface area contributed by atoms with Crippen LogP contribution in [0.3, 0.4) is 0 Å². The van der Waals surface area contributed by atoms with Crippen LogP contribution in [0.1, 0.15) is 63.9 Å². The Hall–Kier alpha value is -1.77. The molecule has 0 N–H and O–H groups in total. The van der Waals surface area contributed by atoms with Crippen molar-refractivity contribution in [3.63, 3.8) is 0 Å². The van der Waals surface area contributed by atoms with Crippen LogP contribution in [0.15, 0.2) is 36.8 Å². The summed E-state index contributed by atoms with van der Waals surface area (Å²) in [6.45, 7) is 2.28. The van der Waals surface area contributed by atoms with E-state index in [1.54, 1.807) is 12.1 Å². The van der Waals surface area contributed by atoms with Gasteiger partial charge in [-0.2, -0.15) is 0 Å². The normalized spacial score (nSPS) is 20.6. The molecule has 0 bridgehead atoms. The van der Waals surface area contributed by atoms with Gasteiger partial charge in [0.25, 0.3) is 0 Å². The van der Waals surface area contributed by atoms with Crippen molar-refractivity contribution < 1.29 is 4.39 Å². The van der Waals surface area contributed by atoms with Crippen molar-refractivity contribution in [3.8, 4) is 11.3 Å². The molecule has 0 unspecified atom stereocenters. The Morgan fingerprint density at radius 3 is 2.48 bits per heavy atom. The molecule has 1 aliphatic rings. The number of nitrogens with zero attached hydrogens (tertiary/aromatic N) is 2. The molecule has 3 heteroatoms. The summed E-state index contributed by atoms with van der Waals surface area (Å²) in [5.41, 5.74) is 2.41. The van der Waals surface area contributed by atoms with E-state index < -0.39 is 0 Å². The Kier molecular flexibility index (Phi) is 6.55. The first-order chi connectivity index (χ1) is 12.3. The second-order valence-corrected chi connectivity index (χ2v) is 7.44. The van der Waals surface area contributed by atoms with Gasteiger partial charge >= 0.3 is 0 Å². The Bertz CT molecular complexity index is 663. The van der Waals surface area contributed by atoms with Crippen LogP contribution in [0.5, 0.6) is 0 Å². The number of halogens is 1. The summed E-state index contributed by atoms with van der Waals surface area (Å²) >= 11 is 0. The Morgan fingerprint density at radius 1 is 1.04 bits per heavy atom. The van der Waals surface area contributed by atoms with Gasteiger partial charge in [-0.05, 0) is 42.4 Å². The molecule has 134 valence electrons. The van der Waals surface area contributed by atoms with Crippen LogP contribution in [-0.4, -0.2) is 9.97 Å². The monoisotopic (exact) mass is 340 g/mol. The minimum absolute atomic E-state index is 0.209. The molecule has 2 nitrogen and oxygen atoms in total. The van der Waals surface area contributed by atoms with Gasteiger partial charge in [-0.1, -0.05) is 64.0 Å². The van der Waals surface area contributed by atoms with Crippen LogP contribution < -0.4 is 0 Å². The predicted molar refractivity (Wildman–Crippen MR) is 101 cm³/mol. The van der Waals surface area contributed by atoms with Gasteiger partial charge in [0.1, 0.15) is 12.1 Å². The van der Waals surface area contributed by atoms with E-state index in [0.717, 1.165) is 35.9 Å². The molecule has 25 heavy (non-hydrogen) atoms. The third kappa shape index (κ3) is 4.87. The van der Waals surface area contributed by atoms with Crippen LogP contribution in [0.4, 0.5) is 4.39 Å². The first-order valence-electron chi connectivity index (χ1n) is 9.81. The highest BCUT2D eigenvalue weighted by Gasteiger charge is 2.21. The molecule has 1 aromatic heterocycles. The van der Waals surface area contributed by atoms with Crippen molar-refractivity contribution in [3.05, 3.63) is 48.2 Å². The average Bonchev–Trinajstić information content (AvgIpc) is 2.66. The van der Waals surface area contributed by atoms with Crippen molar-refractivity contribution in [1.82, 2.24) is 9.97 Å². The summed E-state index contributed by atoms with van der Waals surface area (Å²) < 4.78 is 14.1. The molecule has 0 aliphatic heterocycles. The molecule has 1 aliphatic carbocycles. The molecule has 2 aromatic rings. The second-order valence-electron chi connectivity index (χ2n) is 7.44. The molecule has 3 rings (SSSR count). The van der Waals surface area contributed by atoms with Crippen molar-refractivity contribution >= 4 is 0 Å². The van der Waals surface area contributed by atoms with Gasteiger partial charge in [-0.25, -0.2) is 14.4 Å². The predicted octanol–water partition coefficient (Wildman–Crippen LogP) is 6.21. The van der Waals surface area contributed by atoms with Crippen LogP contribution in [-0.2, 0) is 6.42 Å². The minimum Gasteiger partial charge on any atom is -0.244 e. The van der Waals surface area contributed by atoms with Crippen LogP contribution in [0.2, 0.25) is 0 Å². The number of benzene rings is 1.